The first-order chi connectivity index (χ1) is 26.8. The van der Waals surface area contributed by atoms with Crippen LogP contribution >= 0.6 is 0 Å². The van der Waals surface area contributed by atoms with Crippen LogP contribution in [0.4, 0.5) is 27.9 Å². The van der Waals surface area contributed by atoms with E-state index in [4.69, 9.17) is 14.5 Å². The standard InChI is InChI=1S/C42H65N9O5/c1-8-34-39(53)48(6)35-27-43-40(46-37(35)51(34)32-12-9-10-13-32)45-33-15-14-30(26-36(33)55-7)38(52)44-31-18-22-49(23-19-31)21-11-20-47(5)28-29-16-24-50(25-17-29)41(54)56-42(2,3)4/h14-15,26-27,29,31-32,34H,8-13,16-25,28H2,1-7H3,(H,44,52)(H,43,45,46)/t34-/m1/s1. The van der Waals surface area contributed by atoms with Crippen LogP contribution < -0.4 is 25.2 Å². The fourth-order valence-corrected chi connectivity index (χ4v) is 8.79. The van der Waals surface area contributed by atoms with E-state index >= 15 is 0 Å². The van der Waals surface area contributed by atoms with Gasteiger partial charge in [-0.05, 0) is 116 Å². The molecule has 1 aromatic heterocycles. The summed E-state index contributed by atoms with van der Waals surface area (Å²) in [6.07, 6.45) is 11.6. The number of nitrogens with one attached hydrogen (secondary N) is 2. The Balaban J connectivity index is 0.945. The Bertz CT molecular complexity index is 1660. The highest BCUT2D eigenvalue weighted by atomic mass is 16.6. The van der Waals surface area contributed by atoms with Crippen molar-refractivity contribution in [2.45, 2.75) is 116 Å². The molecule has 4 heterocycles. The van der Waals surface area contributed by atoms with Gasteiger partial charge in [-0.25, -0.2) is 9.78 Å². The van der Waals surface area contributed by atoms with Gasteiger partial charge in [-0.2, -0.15) is 4.98 Å². The first-order valence-electron chi connectivity index (χ1n) is 20.9. The predicted molar refractivity (Wildman–Crippen MR) is 220 cm³/mol. The number of methoxy groups -OCH3 is 1. The summed E-state index contributed by atoms with van der Waals surface area (Å²) in [5, 5.41) is 6.57. The van der Waals surface area contributed by atoms with Crippen molar-refractivity contribution in [3.8, 4) is 5.75 Å². The highest BCUT2D eigenvalue weighted by Gasteiger charge is 2.41. The summed E-state index contributed by atoms with van der Waals surface area (Å²) in [7, 11) is 5.60. The molecule has 14 heteroatoms. The third-order valence-corrected chi connectivity index (χ3v) is 11.9. The van der Waals surface area contributed by atoms with Gasteiger partial charge in [0, 0.05) is 57.4 Å². The Morgan fingerprint density at radius 1 is 1.02 bits per heavy atom. The van der Waals surface area contributed by atoms with Crippen molar-refractivity contribution in [2.75, 3.05) is 82.1 Å². The molecule has 0 unspecified atom stereocenters. The number of amides is 3. The second kappa shape index (κ2) is 18.4. The Morgan fingerprint density at radius 3 is 2.39 bits per heavy atom. The molecule has 4 aliphatic rings. The fourth-order valence-electron chi connectivity index (χ4n) is 8.79. The van der Waals surface area contributed by atoms with Crippen molar-refractivity contribution in [1.82, 2.24) is 30.0 Å². The molecule has 3 aliphatic heterocycles. The molecule has 14 nitrogen and oxygen atoms in total. The molecule has 6 rings (SSSR count). The van der Waals surface area contributed by atoms with Gasteiger partial charge in [0.2, 0.25) is 11.9 Å². The number of rotatable bonds is 13. The minimum absolute atomic E-state index is 0.0826. The lowest BCUT2D eigenvalue weighted by molar-refractivity contribution is -0.120. The summed E-state index contributed by atoms with van der Waals surface area (Å²) in [4.78, 5) is 59.3. The molecule has 0 radical (unpaired) electrons. The van der Waals surface area contributed by atoms with Gasteiger partial charge in [-0.3, -0.25) is 9.59 Å². The molecule has 2 N–H and O–H groups in total. The highest BCUT2D eigenvalue weighted by molar-refractivity contribution is 6.04. The molecule has 3 amide bonds. The predicted octanol–water partition coefficient (Wildman–Crippen LogP) is 5.90. The average molecular weight is 776 g/mol. The number of carbonyl (C=O) groups is 3. The first-order valence-corrected chi connectivity index (χ1v) is 20.9. The molecule has 1 atom stereocenters. The monoisotopic (exact) mass is 776 g/mol. The van der Waals surface area contributed by atoms with Crippen LogP contribution in [0.1, 0.15) is 102 Å². The number of piperidine rings is 2. The number of nitrogens with zero attached hydrogens (tertiary/aromatic N) is 7. The number of benzene rings is 1. The van der Waals surface area contributed by atoms with E-state index in [1.807, 2.05) is 31.7 Å². The zero-order chi connectivity index (χ0) is 40.0. The van der Waals surface area contributed by atoms with E-state index in [9.17, 15) is 14.4 Å². The van der Waals surface area contributed by atoms with Crippen LogP contribution in [0.15, 0.2) is 24.4 Å². The summed E-state index contributed by atoms with van der Waals surface area (Å²) < 4.78 is 11.3. The van der Waals surface area contributed by atoms with Gasteiger partial charge in [0.05, 0.1) is 19.0 Å². The summed E-state index contributed by atoms with van der Waals surface area (Å²) in [5.74, 6) is 2.29. The van der Waals surface area contributed by atoms with Crippen LogP contribution in [0.25, 0.3) is 0 Å². The van der Waals surface area contributed by atoms with Crippen LogP contribution in [0.3, 0.4) is 0 Å². The highest BCUT2D eigenvalue weighted by Crippen LogP contribution is 2.40. The molecule has 2 aromatic rings. The van der Waals surface area contributed by atoms with Gasteiger partial charge in [0.25, 0.3) is 5.91 Å². The van der Waals surface area contributed by atoms with Crippen LogP contribution in [-0.4, -0.2) is 133 Å². The second-order valence-electron chi connectivity index (χ2n) is 17.2. The van der Waals surface area contributed by atoms with E-state index in [-0.39, 0.29) is 36.0 Å². The number of anilines is 4. The number of fused-ring (bicyclic) bond motifs is 1. The third kappa shape index (κ3) is 10.2. The third-order valence-electron chi connectivity index (χ3n) is 11.9. The normalized spacial score (nSPS) is 20.4. The molecule has 1 saturated carbocycles. The van der Waals surface area contributed by atoms with Crippen molar-refractivity contribution in [3.05, 3.63) is 30.0 Å². The molecule has 1 aromatic carbocycles. The number of likely N-dealkylation sites (tertiary alicyclic amines) is 2. The maximum atomic E-state index is 13.4. The maximum Gasteiger partial charge on any atom is 0.410 e. The summed E-state index contributed by atoms with van der Waals surface area (Å²) in [6.45, 7) is 14.4. The maximum absolute atomic E-state index is 13.4. The topological polar surface area (TPSA) is 136 Å². The summed E-state index contributed by atoms with van der Waals surface area (Å²) >= 11 is 0. The Labute approximate surface area is 333 Å². The van der Waals surface area contributed by atoms with Crippen LogP contribution in [0, 0.1) is 5.92 Å². The number of carbonyl (C=O) groups excluding carboxylic acids is 3. The molecule has 2 saturated heterocycles. The molecular weight excluding hydrogens is 711 g/mol. The zero-order valence-corrected chi connectivity index (χ0v) is 34.8. The van der Waals surface area contributed by atoms with Gasteiger partial charge in [-0.1, -0.05) is 19.8 Å². The van der Waals surface area contributed by atoms with Gasteiger partial charge in [0.15, 0.2) is 5.82 Å². The van der Waals surface area contributed by atoms with E-state index in [0.29, 0.717) is 35.3 Å². The van der Waals surface area contributed by atoms with Gasteiger partial charge in [-0.15, -0.1) is 0 Å². The van der Waals surface area contributed by atoms with Gasteiger partial charge >= 0.3 is 6.09 Å². The summed E-state index contributed by atoms with van der Waals surface area (Å²) in [5.41, 5.74) is 1.46. The Kier molecular flexibility index (Phi) is 13.6. The minimum Gasteiger partial charge on any atom is -0.495 e. The van der Waals surface area contributed by atoms with Crippen LogP contribution in [0.5, 0.6) is 5.75 Å². The zero-order valence-electron chi connectivity index (χ0n) is 34.8. The first kappa shape index (κ1) is 41.5. The SMILES string of the molecule is CC[C@@H]1C(=O)N(C)c2cnc(Nc3ccc(C(=O)NC4CCN(CCCN(C)CC5CCN(C(=O)OC(C)(C)C)CC5)CC4)cc3OC)nc2N1C1CCCC1. The van der Waals surface area contributed by atoms with E-state index in [0.717, 1.165) is 115 Å². The van der Waals surface area contributed by atoms with Gasteiger partial charge < -0.3 is 44.6 Å². The summed E-state index contributed by atoms with van der Waals surface area (Å²) in [6, 6.07) is 5.56. The van der Waals surface area contributed by atoms with E-state index in [1.165, 1.54) is 0 Å². The average Bonchev–Trinajstić information content (AvgIpc) is 3.71. The lowest BCUT2D eigenvalue weighted by Crippen LogP contribution is -2.55. The fraction of sp³-hybridized carbons (Fsp3) is 0.690. The van der Waals surface area contributed by atoms with Crippen LogP contribution in [0.2, 0.25) is 0 Å². The molecule has 3 fully saturated rings. The van der Waals surface area contributed by atoms with E-state index < -0.39 is 5.60 Å². The molecule has 1 aliphatic carbocycles. The number of likely N-dealkylation sites (N-methyl/N-ethyl adjacent to an activating group) is 1. The van der Waals surface area contributed by atoms with Crippen molar-refractivity contribution in [1.29, 1.82) is 0 Å². The Hall–Kier alpha value is -4.17. The largest absolute Gasteiger partial charge is 0.495 e. The quantitative estimate of drug-likeness (QED) is 0.252. The van der Waals surface area contributed by atoms with Crippen molar-refractivity contribution < 1.29 is 23.9 Å². The number of aromatic nitrogens is 2. The Morgan fingerprint density at radius 2 is 1.73 bits per heavy atom. The van der Waals surface area contributed by atoms with Gasteiger partial charge in [0.1, 0.15) is 23.1 Å². The lowest BCUT2D eigenvalue weighted by Gasteiger charge is -2.43. The minimum atomic E-state index is -0.459. The van der Waals surface area contributed by atoms with Crippen molar-refractivity contribution in [2.24, 2.45) is 5.92 Å². The van der Waals surface area contributed by atoms with Crippen molar-refractivity contribution in [3.63, 3.8) is 0 Å². The lowest BCUT2D eigenvalue weighted by atomic mass is 9.96. The van der Waals surface area contributed by atoms with Crippen LogP contribution in [-0.2, 0) is 9.53 Å². The molecule has 56 heavy (non-hydrogen) atoms. The van der Waals surface area contributed by atoms with E-state index in [1.54, 1.807) is 37.4 Å². The number of ether oxygens (including phenoxy) is 2. The molecular formula is C42H65N9O5. The molecule has 308 valence electrons. The molecule has 0 spiro atoms. The number of hydrogen-bond acceptors (Lipinski definition) is 11. The van der Waals surface area contributed by atoms with Crippen molar-refractivity contribution >= 4 is 41.0 Å². The second-order valence-corrected chi connectivity index (χ2v) is 17.2. The van der Waals surface area contributed by atoms with E-state index in [2.05, 4.69) is 44.3 Å². The smallest absolute Gasteiger partial charge is 0.410 e. The number of hydrogen-bond donors (Lipinski definition) is 2. The molecule has 0 bridgehead atoms.